The Balaban J connectivity index is 1.46. The van der Waals surface area contributed by atoms with Gasteiger partial charge in [-0.2, -0.15) is 0 Å². The van der Waals surface area contributed by atoms with Crippen LogP contribution in [0.2, 0.25) is 5.02 Å². The molecule has 1 fully saturated rings. The van der Waals surface area contributed by atoms with Crippen molar-refractivity contribution in [3.63, 3.8) is 0 Å². The molecule has 1 amide bonds. The fourth-order valence-corrected chi connectivity index (χ4v) is 3.61. The number of methoxy groups -OCH3 is 1. The number of anilines is 1. The van der Waals surface area contributed by atoms with E-state index in [0.29, 0.717) is 30.7 Å². The molecule has 0 saturated carbocycles. The van der Waals surface area contributed by atoms with Crippen LogP contribution in [0.1, 0.15) is 24.0 Å². The molecule has 0 bridgehead atoms. The Morgan fingerprint density at radius 2 is 2.13 bits per heavy atom. The van der Waals surface area contributed by atoms with Gasteiger partial charge in [0.2, 0.25) is 0 Å². The minimum absolute atomic E-state index is 0.0859. The molecular formula is C23H29ClN4O3. The molecule has 8 heteroatoms. The lowest BCUT2D eigenvalue weighted by molar-refractivity contribution is -0.124. The highest BCUT2D eigenvalue weighted by Gasteiger charge is 2.23. The zero-order valence-corrected chi connectivity index (χ0v) is 18.7. The third-order valence-corrected chi connectivity index (χ3v) is 5.40. The lowest BCUT2D eigenvalue weighted by atomic mass is 10.1. The van der Waals surface area contributed by atoms with E-state index in [1.54, 1.807) is 14.2 Å². The lowest BCUT2D eigenvalue weighted by Crippen LogP contribution is -2.37. The topological polar surface area (TPSA) is 84.0 Å². The van der Waals surface area contributed by atoms with Crippen molar-refractivity contribution >= 4 is 29.2 Å². The van der Waals surface area contributed by atoms with Crippen LogP contribution in [0.25, 0.3) is 0 Å². The van der Waals surface area contributed by atoms with Gasteiger partial charge in [-0.1, -0.05) is 29.8 Å². The number of rotatable bonds is 8. The molecule has 1 heterocycles. The molecule has 0 aliphatic carbocycles. The van der Waals surface area contributed by atoms with Gasteiger partial charge in [-0.05, 0) is 54.7 Å². The number of amides is 1. The van der Waals surface area contributed by atoms with E-state index >= 15 is 0 Å². The number of carbonyl (C=O) groups is 1. The van der Waals surface area contributed by atoms with Crippen LogP contribution in [0.4, 0.5) is 5.69 Å². The molecule has 1 unspecified atom stereocenters. The largest absolute Gasteiger partial charge is 0.497 e. The van der Waals surface area contributed by atoms with Crippen molar-refractivity contribution in [3.8, 4) is 5.75 Å². The van der Waals surface area contributed by atoms with Crippen LogP contribution in [0.15, 0.2) is 47.5 Å². The minimum Gasteiger partial charge on any atom is -0.497 e. The van der Waals surface area contributed by atoms with Crippen LogP contribution in [0.3, 0.4) is 0 Å². The van der Waals surface area contributed by atoms with E-state index in [0.717, 1.165) is 41.8 Å². The molecule has 0 spiro atoms. The summed E-state index contributed by atoms with van der Waals surface area (Å²) < 4.78 is 10.6. The second kappa shape index (κ2) is 11.6. The number of ether oxygens (including phenoxy) is 2. The summed E-state index contributed by atoms with van der Waals surface area (Å²) in [6.45, 7) is 1.91. The number of hydrogen-bond acceptors (Lipinski definition) is 4. The summed E-state index contributed by atoms with van der Waals surface area (Å²) in [5.74, 6) is 1.35. The smallest absolute Gasteiger partial charge is 0.253 e. The quantitative estimate of drug-likeness (QED) is 0.429. The molecule has 2 aromatic carbocycles. The lowest BCUT2D eigenvalue weighted by Gasteiger charge is -2.14. The summed E-state index contributed by atoms with van der Waals surface area (Å²) in [5, 5.41) is 10.2. The summed E-state index contributed by atoms with van der Waals surface area (Å²) in [6.07, 6.45) is 2.12. The molecule has 0 radical (unpaired) electrons. The van der Waals surface area contributed by atoms with Crippen molar-refractivity contribution < 1.29 is 14.3 Å². The first kappa shape index (κ1) is 22.9. The Morgan fingerprint density at radius 3 is 2.84 bits per heavy atom. The SMILES string of the molecule is CN=C(NCCc1ccc(OC)cc1Cl)NCc1cccc(NC(=O)C2CCCO2)c1. The molecular weight excluding hydrogens is 416 g/mol. The molecule has 3 rings (SSSR count). The first-order valence-electron chi connectivity index (χ1n) is 10.4. The van der Waals surface area contributed by atoms with Crippen LogP contribution < -0.4 is 20.7 Å². The highest BCUT2D eigenvalue weighted by molar-refractivity contribution is 6.31. The third-order valence-electron chi connectivity index (χ3n) is 5.05. The number of benzene rings is 2. The molecule has 1 aliphatic rings. The van der Waals surface area contributed by atoms with Crippen molar-refractivity contribution in [2.24, 2.45) is 4.99 Å². The fourth-order valence-electron chi connectivity index (χ4n) is 3.35. The molecule has 1 aliphatic heterocycles. The highest BCUT2D eigenvalue weighted by Crippen LogP contribution is 2.22. The van der Waals surface area contributed by atoms with Crippen LogP contribution >= 0.6 is 11.6 Å². The van der Waals surface area contributed by atoms with Crippen molar-refractivity contribution in [1.82, 2.24) is 10.6 Å². The standard InChI is InChI=1S/C23H29ClN4O3/c1-25-23(26-11-10-17-8-9-19(30-2)14-20(17)24)27-15-16-5-3-6-18(13-16)28-22(29)21-7-4-12-31-21/h3,5-6,8-9,13-14,21H,4,7,10-12,15H2,1-2H3,(H,28,29)(H2,25,26,27). The predicted octanol–water partition coefficient (Wildman–Crippen LogP) is 3.37. The first-order valence-corrected chi connectivity index (χ1v) is 10.7. The molecule has 0 aromatic heterocycles. The van der Waals surface area contributed by atoms with Crippen LogP contribution in [-0.2, 0) is 22.5 Å². The Morgan fingerprint density at radius 1 is 1.26 bits per heavy atom. The summed E-state index contributed by atoms with van der Waals surface area (Å²) in [6, 6.07) is 13.4. The van der Waals surface area contributed by atoms with Gasteiger partial charge in [-0.15, -0.1) is 0 Å². The highest BCUT2D eigenvalue weighted by atomic mass is 35.5. The average molecular weight is 445 g/mol. The van der Waals surface area contributed by atoms with E-state index in [9.17, 15) is 4.79 Å². The maximum Gasteiger partial charge on any atom is 0.253 e. The molecule has 2 aromatic rings. The van der Waals surface area contributed by atoms with Gasteiger partial charge in [0, 0.05) is 37.5 Å². The van der Waals surface area contributed by atoms with E-state index in [1.165, 1.54) is 0 Å². The number of guanidine groups is 1. The van der Waals surface area contributed by atoms with Gasteiger partial charge >= 0.3 is 0 Å². The van der Waals surface area contributed by atoms with Crippen molar-refractivity contribution in [1.29, 1.82) is 0 Å². The zero-order chi connectivity index (χ0) is 22.1. The maximum absolute atomic E-state index is 12.2. The Labute approximate surface area is 188 Å². The Kier molecular flexibility index (Phi) is 8.55. The van der Waals surface area contributed by atoms with Gasteiger partial charge < -0.3 is 25.4 Å². The van der Waals surface area contributed by atoms with E-state index in [-0.39, 0.29) is 12.0 Å². The van der Waals surface area contributed by atoms with Gasteiger partial charge in [0.15, 0.2) is 5.96 Å². The summed E-state index contributed by atoms with van der Waals surface area (Å²) in [7, 11) is 3.35. The van der Waals surface area contributed by atoms with Gasteiger partial charge in [-0.25, -0.2) is 0 Å². The van der Waals surface area contributed by atoms with E-state index in [2.05, 4.69) is 20.9 Å². The minimum atomic E-state index is -0.344. The molecule has 3 N–H and O–H groups in total. The molecule has 166 valence electrons. The second-order valence-electron chi connectivity index (χ2n) is 7.25. The van der Waals surface area contributed by atoms with Gasteiger partial charge in [-0.3, -0.25) is 9.79 Å². The first-order chi connectivity index (χ1) is 15.1. The molecule has 1 saturated heterocycles. The van der Waals surface area contributed by atoms with Crippen molar-refractivity contribution in [2.75, 3.05) is 32.6 Å². The zero-order valence-electron chi connectivity index (χ0n) is 17.9. The van der Waals surface area contributed by atoms with E-state index in [1.807, 2.05) is 42.5 Å². The number of halogens is 1. The summed E-state index contributed by atoms with van der Waals surface area (Å²) in [5.41, 5.74) is 2.84. The monoisotopic (exact) mass is 444 g/mol. The van der Waals surface area contributed by atoms with Crippen molar-refractivity contribution in [2.45, 2.75) is 31.9 Å². The number of nitrogens with one attached hydrogen (secondary N) is 3. The van der Waals surface area contributed by atoms with Crippen LogP contribution in [0.5, 0.6) is 5.75 Å². The number of aliphatic imine (C=N–C) groups is 1. The molecule has 1 atom stereocenters. The Hall–Kier alpha value is -2.77. The molecule has 31 heavy (non-hydrogen) atoms. The van der Waals surface area contributed by atoms with Crippen molar-refractivity contribution in [3.05, 3.63) is 58.6 Å². The number of hydrogen-bond donors (Lipinski definition) is 3. The number of nitrogens with zero attached hydrogens (tertiary/aromatic N) is 1. The predicted molar refractivity (Wildman–Crippen MR) is 124 cm³/mol. The van der Waals surface area contributed by atoms with Gasteiger partial charge in [0.05, 0.1) is 7.11 Å². The molecule has 7 nitrogen and oxygen atoms in total. The normalized spacial score (nSPS) is 16.1. The number of carbonyl (C=O) groups excluding carboxylic acids is 1. The van der Waals surface area contributed by atoms with Crippen LogP contribution in [-0.4, -0.2) is 45.3 Å². The van der Waals surface area contributed by atoms with Gasteiger partial charge in [0.25, 0.3) is 5.91 Å². The maximum atomic E-state index is 12.2. The van der Waals surface area contributed by atoms with Gasteiger partial charge in [0.1, 0.15) is 11.9 Å². The van der Waals surface area contributed by atoms with E-state index in [4.69, 9.17) is 21.1 Å². The van der Waals surface area contributed by atoms with E-state index < -0.39 is 0 Å². The van der Waals surface area contributed by atoms with Crippen LogP contribution in [0, 0.1) is 0 Å². The Bertz CT molecular complexity index is 913. The average Bonchev–Trinajstić information content (AvgIpc) is 3.32. The summed E-state index contributed by atoms with van der Waals surface area (Å²) >= 11 is 6.30. The fraction of sp³-hybridized carbons (Fsp3) is 0.391. The third kappa shape index (κ3) is 6.87. The summed E-state index contributed by atoms with van der Waals surface area (Å²) in [4.78, 5) is 16.5. The second-order valence-corrected chi connectivity index (χ2v) is 7.66.